The molecule has 1 aromatic heterocycles. The van der Waals surface area contributed by atoms with Crippen LogP contribution < -0.4 is 0 Å². The molecule has 2 heterocycles. The zero-order valence-corrected chi connectivity index (χ0v) is 11.7. The third kappa shape index (κ3) is 2.68. The number of rotatable bonds is 3. The molecule has 6 heteroatoms. The minimum Gasteiger partial charge on any atom is -0.476 e. The standard InChI is InChI=1S/C15H15NO5/c1-15(2)19-8-13(20-15)10-6-4-3-5-9(10)12-7-11(14(17)18)16-21-12/h3-7,13H,8H2,1-2H3,(H,17,18). The Labute approximate surface area is 121 Å². The summed E-state index contributed by atoms with van der Waals surface area (Å²) in [5, 5.41) is 12.5. The zero-order valence-electron chi connectivity index (χ0n) is 11.7. The van der Waals surface area contributed by atoms with Gasteiger partial charge in [-0.2, -0.15) is 0 Å². The molecule has 0 saturated carbocycles. The Morgan fingerprint density at radius 3 is 2.76 bits per heavy atom. The molecule has 0 amide bonds. The predicted octanol–water partition coefficient (Wildman–Crippen LogP) is 2.86. The minimum absolute atomic E-state index is 0.122. The number of ether oxygens (including phenoxy) is 2. The summed E-state index contributed by atoms with van der Waals surface area (Å²) in [4.78, 5) is 10.9. The first-order valence-electron chi connectivity index (χ1n) is 6.57. The number of aromatic carboxylic acids is 1. The largest absolute Gasteiger partial charge is 0.476 e. The lowest BCUT2D eigenvalue weighted by molar-refractivity contribution is -0.139. The molecule has 110 valence electrons. The number of benzene rings is 1. The molecule has 1 N–H and O–H groups in total. The number of carbonyl (C=O) groups is 1. The first-order chi connectivity index (χ1) is 9.96. The van der Waals surface area contributed by atoms with Crippen LogP contribution in [0.5, 0.6) is 0 Å². The molecule has 1 unspecified atom stereocenters. The van der Waals surface area contributed by atoms with Crippen LogP contribution in [0.4, 0.5) is 0 Å². The maximum atomic E-state index is 10.9. The molecule has 1 aliphatic rings. The average Bonchev–Trinajstić information content (AvgIpc) is 3.05. The van der Waals surface area contributed by atoms with E-state index < -0.39 is 11.8 Å². The summed E-state index contributed by atoms with van der Waals surface area (Å²) in [7, 11) is 0. The highest BCUT2D eigenvalue weighted by atomic mass is 16.7. The Morgan fingerprint density at radius 2 is 2.14 bits per heavy atom. The molecule has 3 rings (SSSR count). The number of carboxylic acids is 1. The quantitative estimate of drug-likeness (QED) is 0.935. The van der Waals surface area contributed by atoms with Crippen LogP contribution in [0.3, 0.4) is 0 Å². The van der Waals surface area contributed by atoms with E-state index in [1.165, 1.54) is 6.07 Å². The lowest BCUT2D eigenvalue weighted by Gasteiger charge is -2.18. The number of aromatic nitrogens is 1. The monoisotopic (exact) mass is 289 g/mol. The summed E-state index contributed by atoms with van der Waals surface area (Å²) in [6.45, 7) is 4.14. The Bertz CT molecular complexity index is 676. The van der Waals surface area contributed by atoms with E-state index in [1.54, 1.807) is 0 Å². The molecule has 6 nitrogen and oxygen atoms in total. The van der Waals surface area contributed by atoms with Crippen LogP contribution in [0.25, 0.3) is 11.3 Å². The minimum atomic E-state index is -1.12. The van der Waals surface area contributed by atoms with Gasteiger partial charge >= 0.3 is 5.97 Å². The van der Waals surface area contributed by atoms with Crippen molar-refractivity contribution in [1.29, 1.82) is 0 Å². The van der Waals surface area contributed by atoms with Gasteiger partial charge in [-0.05, 0) is 19.4 Å². The summed E-state index contributed by atoms with van der Waals surface area (Å²) in [5.74, 6) is -1.36. The van der Waals surface area contributed by atoms with Crippen LogP contribution in [0.1, 0.15) is 36.0 Å². The van der Waals surface area contributed by atoms with E-state index >= 15 is 0 Å². The maximum absolute atomic E-state index is 10.9. The van der Waals surface area contributed by atoms with Gasteiger partial charge in [0, 0.05) is 11.6 Å². The van der Waals surface area contributed by atoms with E-state index in [0.717, 1.165) is 11.1 Å². The van der Waals surface area contributed by atoms with Crippen molar-refractivity contribution in [3.63, 3.8) is 0 Å². The second-order valence-corrected chi connectivity index (χ2v) is 5.29. The molecule has 0 radical (unpaired) electrons. The van der Waals surface area contributed by atoms with E-state index in [2.05, 4.69) is 5.16 Å². The third-order valence-corrected chi connectivity index (χ3v) is 3.31. The Balaban J connectivity index is 1.98. The smallest absolute Gasteiger partial charge is 0.358 e. The molecule has 0 spiro atoms. The SMILES string of the molecule is CC1(C)OCC(c2ccccc2-c2cc(C(=O)O)no2)O1. The topological polar surface area (TPSA) is 81.8 Å². The van der Waals surface area contributed by atoms with Crippen molar-refractivity contribution in [2.75, 3.05) is 6.61 Å². The number of hydrogen-bond donors (Lipinski definition) is 1. The molecule has 1 aromatic carbocycles. The maximum Gasteiger partial charge on any atom is 0.358 e. The fourth-order valence-electron chi connectivity index (χ4n) is 2.35. The van der Waals surface area contributed by atoms with E-state index in [1.807, 2.05) is 38.1 Å². The van der Waals surface area contributed by atoms with Gasteiger partial charge in [-0.25, -0.2) is 4.79 Å². The van der Waals surface area contributed by atoms with Gasteiger partial charge in [-0.15, -0.1) is 0 Å². The Hall–Kier alpha value is -2.18. The lowest BCUT2D eigenvalue weighted by atomic mass is 10.0. The van der Waals surface area contributed by atoms with E-state index in [0.29, 0.717) is 12.4 Å². The molecule has 1 atom stereocenters. The molecule has 21 heavy (non-hydrogen) atoms. The van der Waals surface area contributed by atoms with Crippen LogP contribution in [0, 0.1) is 0 Å². The fourth-order valence-corrected chi connectivity index (χ4v) is 2.35. The molecule has 1 aliphatic heterocycles. The summed E-state index contributed by atoms with van der Waals surface area (Å²) < 4.78 is 16.6. The molecule has 1 saturated heterocycles. The molecule has 1 fully saturated rings. The lowest BCUT2D eigenvalue weighted by Crippen LogP contribution is -2.19. The van der Waals surface area contributed by atoms with Crippen molar-refractivity contribution in [3.05, 3.63) is 41.6 Å². The molecule has 0 bridgehead atoms. The third-order valence-electron chi connectivity index (χ3n) is 3.31. The van der Waals surface area contributed by atoms with Gasteiger partial charge in [-0.1, -0.05) is 29.4 Å². The van der Waals surface area contributed by atoms with Gasteiger partial charge < -0.3 is 19.1 Å². The van der Waals surface area contributed by atoms with Crippen molar-refractivity contribution < 1.29 is 23.9 Å². The predicted molar refractivity (Wildman–Crippen MR) is 72.8 cm³/mol. The van der Waals surface area contributed by atoms with Crippen LogP contribution in [-0.2, 0) is 9.47 Å². The van der Waals surface area contributed by atoms with Crippen molar-refractivity contribution in [2.24, 2.45) is 0 Å². The second-order valence-electron chi connectivity index (χ2n) is 5.29. The highest BCUT2D eigenvalue weighted by Gasteiger charge is 2.35. The van der Waals surface area contributed by atoms with Gasteiger partial charge in [0.05, 0.1) is 6.61 Å². The van der Waals surface area contributed by atoms with Crippen LogP contribution >= 0.6 is 0 Å². The second kappa shape index (κ2) is 4.98. The fraction of sp³-hybridized carbons (Fsp3) is 0.333. The van der Waals surface area contributed by atoms with Gasteiger partial charge in [0.1, 0.15) is 6.10 Å². The first-order valence-corrected chi connectivity index (χ1v) is 6.57. The van der Waals surface area contributed by atoms with Crippen molar-refractivity contribution in [2.45, 2.75) is 25.7 Å². The number of carboxylic acid groups (broad SMARTS) is 1. The Morgan fingerprint density at radius 1 is 1.38 bits per heavy atom. The zero-order chi connectivity index (χ0) is 15.0. The molecular weight excluding hydrogens is 274 g/mol. The summed E-state index contributed by atoms with van der Waals surface area (Å²) in [6, 6.07) is 8.90. The average molecular weight is 289 g/mol. The molecular formula is C15H15NO5. The molecule has 2 aromatic rings. The number of nitrogens with zero attached hydrogens (tertiary/aromatic N) is 1. The first kappa shape index (κ1) is 13.8. The van der Waals surface area contributed by atoms with Gasteiger partial charge in [0.2, 0.25) is 0 Å². The summed E-state index contributed by atoms with van der Waals surface area (Å²) >= 11 is 0. The van der Waals surface area contributed by atoms with Gasteiger partial charge in [0.25, 0.3) is 0 Å². The van der Waals surface area contributed by atoms with Gasteiger partial charge in [-0.3, -0.25) is 0 Å². The Kier molecular flexibility index (Phi) is 3.27. The highest BCUT2D eigenvalue weighted by molar-refractivity contribution is 5.86. The normalized spacial score (nSPS) is 20.6. The van der Waals surface area contributed by atoms with E-state index in [-0.39, 0.29) is 11.8 Å². The van der Waals surface area contributed by atoms with Crippen molar-refractivity contribution in [1.82, 2.24) is 5.16 Å². The van der Waals surface area contributed by atoms with Crippen LogP contribution in [0.2, 0.25) is 0 Å². The van der Waals surface area contributed by atoms with E-state index in [4.69, 9.17) is 19.1 Å². The van der Waals surface area contributed by atoms with Gasteiger partial charge in [0.15, 0.2) is 17.2 Å². The number of hydrogen-bond acceptors (Lipinski definition) is 5. The summed E-state index contributed by atoms with van der Waals surface area (Å²) in [5.41, 5.74) is 1.52. The molecule has 0 aliphatic carbocycles. The highest BCUT2D eigenvalue weighted by Crippen LogP contribution is 2.37. The van der Waals surface area contributed by atoms with Crippen LogP contribution in [-0.4, -0.2) is 28.6 Å². The van der Waals surface area contributed by atoms with E-state index in [9.17, 15) is 4.79 Å². The van der Waals surface area contributed by atoms with Crippen molar-refractivity contribution in [3.8, 4) is 11.3 Å². The van der Waals surface area contributed by atoms with Crippen molar-refractivity contribution >= 4 is 5.97 Å². The van der Waals surface area contributed by atoms with Crippen LogP contribution in [0.15, 0.2) is 34.9 Å². The summed E-state index contributed by atoms with van der Waals surface area (Å²) in [6.07, 6.45) is -0.227.